The molecule has 0 aromatic heterocycles. The Kier molecular flexibility index (Phi) is 3.25. The van der Waals surface area contributed by atoms with Gasteiger partial charge in [0.1, 0.15) is 18.0 Å². The molecule has 5 nitrogen and oxygen atoms in total. The summed E-state index contributed by atoms with van der Waals surface area (Å²) in [5.74, 6) is 0.299. The van der Waals surface area contributed by atoms with E-state index in [0.29, 0.717) is 18.6 Å². The van der Waals surface area contributed by atoms with Gasteiger partial charge >= 0.3 is 5.97 Å². The molecule has 5 aliphatic rings. The molecule has 1 heterocycles. The van der Waals surface area contributed by atoms with Crippen molar-refractivity contribution in [2.45, 2.75) is 71.2 Å². The van der Waals surface area contributed by atoms with Gasteiger partial charge in [-0.15, -0.1) is 0 Å². The second kappa shape index (κ2) is 5.06. The third-order valence-corrected chi connectivity index (χ3v) is 8.31. The molecule has 26 heavy (non-hydrogen) atoms. The first-order valence-corrected chi connectivity index (χ1v) is 9.88. The van der Waals surface area contributed by atoms with Crippen LogP contribution in [-0.4, -0.2) is 35.8 Å². The van der Waals surface area contributed by atoms with Crippen molar-refractivity contribution >= 4 is 17.5 Å². The highest BCUT2D eigenvalue weighted by Gasteiger charge is 2.68. The summed E-state index contributed by atoms with van der Waals surface area (Å²) >= 11 is 0. The third-order valence-electron chi connectivity index (χ3n) is 8.31. The first-order chi connectivity index (χ1) is 12.3. The van der Waals surface area contributed by atoms with Crippen molar-refractivity contribution in [1.29, 1.82) is 0 Å². The van der Waals surface area contributed by atoms with Gasteiger partial charge in [0.2, 0.25) is 0 Å². The third kappa shape index (κ3) is 1.93. The molecule has 0 aromatic carbocycles. The first-order valence-electron chi connectivity index (χ1n) is 9.88. The maximum Gasteiger partial charge on any atom is 0.302 e. The van der Waals surface area contributed by atoms with E-state index >= 15 is 0 Å². The molecule has 4 fully saturated rings. The molecule has 5 rings (SSSR count). The molecular weight excluding hydrogens is 332 g/mol. The molecule has 140 valence electrons. The minimum absolute atomic E-state index is 0.00947. The molecular formula is C21H26O5. The van der Waals surface area contributed by atoms with Crippen LogP contribution in [-0.2, 0) is 23.9 Å². The smallest absolute Gasteiger partial charge is 0.302 e. The van der Waals surface area contributed by atoms with Crippen LogP contribution < -0.4 is 0 Å². The van der Waals surface area contributed by atoms with Gasteiger partial charge in [0.15, 0.2) is 5.78 Å². The van der Waals surface area contributed by atoms with Crippen LogP contribution in [0.15, 0.2) is 11.6 Å². The Morgan fingerprint density at radius 3 is 2.73 bits per heavy atom. The van der Waals surface area contributed by atoms with Gasteiger partial charge in [-0.3, -0.25) is 14.4 Å². The van der Waals surface area contributed by atoms with Gasteiger partial charge in [0.05, 0.1) is 6.10 Å². The van der Waals surface area contributed by atoms with Gasteiger partial charge in [-0.25, -0.2) is 0 Å². The largest absolute Gasteiger partial charge is 0.462 e. The van der Waals surface area contributed by atoms with E-state index < -0.39 is 0 Å². The van der Waals surface area contributed by atoms with E-state index in [4.69, 9.17) is 9.47 Å². The number of epoxide rings is 1. The molecule has 8 atom stereocenters. The monoisotopic (exact) mass is 358 g/mol. The lowest BCUT2D eigenvalue weighted by atomic mass is 9.47. The summed E-state index contributed by atoms with van der Waals surface area (Å²) in [6.45, 7) is 5.67. The number of hydrogen-bond acceptors (Lipinski definition) is 5. The van der Waals surface area contributed by atoms with E-state index in [2.05, 4.69) is 13.8 Å². The average molecular weight is 358 g/mol. The lowest BCUT2D eigenvalue weighted by Crippen LogP contribution is -2.58. The molecule has 1 saturated heterocycles. The molecule has 4 aliphatic carbocycles. The molecule has 3 saturated carbocycles. The predicted octanol–water partition coefficient (Wildman–Crippen LogP) is 2.62. The van der Waals surface area contributed by atoms with Crippen LogP contribution in [0.5, 0.6) is 0 Å². The van der Waals surface area contributed by atoms with Crippen molar-refractivity contribution in [2.75, 3.05) is 0 Å². The number of rotatable bonds is 1. The Hall–Kier alpha value is -1.49. The zero-order valence-electron chi connectivity index (χ0n) is 15.6. The Balaban J connectivity index is 1.60. The summed E-state index contributed by atoms with van der Waals surface area (Å²) in [4.78, 5) is 37.4. The normalized spacial score (nSPS) is 51.6. The topological polar surface area (TPSA) is 73.0 Å². The van der Waals surface area contributed by atoms with Gasteiger partial charge in [0.25, 0.3) is 0 Å². The van der Waals surface area contributed by atoms with Crippen molar-refractivity contribution < 1.29 is 23.9 Å². The zero-order valence-corrected chi connectivity index (χ0v) is 15.6. The van der Waals surface area contributed by atoms with E-state index in [-0.39, 0.29) is 58.6 Å². The summed E-state index contributed by atoms with van der Waals surface area (Å²) in [5.41, 5.74) is 0.302. The standard InChI is InChI=1S/C21H26O5/c1-10(22)25-17-9-15-19(26-15)13-8-14(23)18-11-4-5-16(24)20(11,2)7-6-12(18)21(13,17)3/h8,11-12,15,17-19H,4-7,9H2,1-3H3/t11-,12-,15+,17?,18-,19-,20-,21+/m0/s1. The number of allylic oxidation sites excluding steroid dienone is 1. The molecule has 0 amide bonds. The fourth-order valence-corrected chi connectivity index (χ4v) is 6.84. The molecule has 1 aliphatic heterocycles. The Bertz CT molecular complexity index is 754. The van der Waals surface area contributed by atoms with E-state index in [0.717, 1.165) is 24.8 Å². The van der Waals surface area contributed by atoms with Crippen molar-refractivity contribution in [3.8, 4) is 0 Å². The van der Waals surface area contributed by atoms with Crippen molar-refractivity contribution in [3.05, 3.63) is 11.6 Å². The van der Waals surface area contributed by atoms with Crippen molar-refractivity contribution in [2.24, 2.45) is 28.6 Å². The quantitative estimate of drug-likeness (QED) is 0.532. The summed E-state index contributed by atoms with van der Waals surface area (Å²) in [6, 6.07) is 0. The van der Waals surface area contributed by atoms with Gasteiger partial charge in [0, 0.05) is 36.5 Å². The second-order valence-corrected chi connectivity index (χ2v) is 9.37. The van der Waals surface area contributed by atoms with E-state index in [9.17, 15) is 14.4 Å². The molecule has 1 unspecified atom stereocenters. The van der Waals surface area contributed by atoms with Crippen LogP contribution in [0.25, 0.3) is 0 Å². The van der Waals surface area contributed by atoms with Crippen LogP contribution >= 0.6 is 0 Å². The number of ketones is 2. The first kappa shape index (κ1) is 16.7. The minimum atomic E-state index is -0.366. The SMILES string of the molecule is CC(=O)OC1C[C@H]2O[C@H]2C2=CC(=O)[C@H]3[C@@H]4CCC(=O)[C@@]4(C)CC[C@@H]3[C@]21C. The number of hydrogen-bond donors (Lipinski definition) is 0. The second-order valence-electron chi connectivity index (χ2n) is 9.37. The Labute approximate surface area is 153 Å². The van der Waals surface area contributed by atoms with Gasteiger partial charge in [-0.05, 0) is 42.7 Å². The van der Waals surface area contributed by atoms with Gasteiger partial charge in [-0.1, -0.05) is 13.8 Å². The van der Waals surface area contributed by atoms with Crippen LogP contribution in [0.4, 0.5) is 0 Å². The van der Waals surface area contributed by atoms with Crippen LogP contribution in [0.3, 0.4) is 0 Å². The van der Waals surface area contributed by atoms with E-state index in [1.54, 1.807) is 6.08 Å². The van der Waals surface area contributed by atoms with Gasteiger partial charge < -0.3 is 9.47 Å². The highest BCUT2D eigenvalue weighted by Crippen LogP contribution is 2.65. The molecule has 5 heteroatoms. The number of esters is 1. The van der Waals surface area contributed by atoms with Gasteiger partial charge in [-0.2, -0.15) is 0 Å². The summed E-state index contributed by atoms with van der Waals surface area (Å²) in [6.07, 6.45) is 5.38. The average Bonchev–Trinajstić information content (AvgIpc) is 3.27. The number of carbonyl (C=O) groups excluding carboxylic acids is 3. The molecule has 0 N–H and O–H groups in total. The molecule has 0 spiro atoms. The van der Waals surface area contributed by atoms with Crippen LogP contribution in [0, 0.1) is 28.6 Å². The summed E-state index contributed by atoms with van der Waals surface area (Å²) in [5, 5.41) is 0. The summed E-state index contributed by atoms with van der Waals surface area (Å²) in [7, 11) is 0. The maximum absolute atomic E-state index is 13.2. The number of ether oxygens (including phenoxy) is 2. The number of Topliss-reactive ketones (excluding diaryl/α,β-unsaturated/α-hetero) is 1. The fraction of sp³-hybridized carbons (Fsp3) is 0.762. The number of carbonyl (C=O) groups is 3. The molecule has 0 aromatic rings. The van der Waals surface area contributed by atoms with E-state index in [1.807, 2.05) is 0 Å². The van der Waals surface area contributed by atoms with E-state index in [1.165, 1.54) is 6.92 Å². The van der Waals surface area contributed by atoms with Crippen LogP contribution in [0.2, 0.25) is 0 Å². The molecule has 0 bridgehead atoms. The molecule has 0 radical (unpaired) electrons. The number of fused-ring (bicyclic) bond motifs is 7. The predicted molar refractivity (Wildman–Crippen MR) is 92.1 cm³/mol. The van der Waals surface area contributed by atoms with Crippen molar-refractivity contribution in [3.63, 3.8) is 0 Å². The zero-order chi connectivity index (χ0) is 18.4. The highest BCUT2D eigenvalue weighted by molar-refractivity contribution is 5.97. The minimum Gasteiger partial charge on any atom is -0.462 e. The summed E-state index contributed by atoms with van der Waals surface area (Å²) < 4.78 is 11.6. The maximum atomic E-state index is 13.2. The lowest BCUT2D eigenvalue weighted by Gasteiger charge is -2.56. The highest BCUT2D eigenvalue weighted by atomic mass is 16.6. The lowest BCUT2D eigenvalue weighted by molar-refractivity contribution is -0.162. The fourth-order valence-electron chi connectivity index (χ4n) is 6.84. The van der Waals surface area contributed by atoms with Crippen LogP contribution in [0.1, 0.15) is 52.9 Å². The Morgan fingerprint density at radius 2 is 2.00 bits per heavy atom. The van der Waals surface area contributed by atoms with Crippen molar-refractivity contribution in [1.82, 2.24) is 0 Å². The Morgan fingerprint density at radius 1 is 1.23 bits per heavy atom.